The van der Waals surface area contributed by atoms with Crippen LogP contribution in [0, 0.1) is 0 Å². The van der Waals surface area contributed by atoms with E-state index in [9.17, 15) is 0 Å². The third-order valence-electron chi connectivity index (χ3n) is 3.24. The predicted molar refractivity (Wildman–Crippen MR) is 71.4 cm³/mol. The van der Waals surface area contributed by atoms with Gasteiger partial charge in [0.25, 0.3) is 0 Å². The van der Waals surface area contributed by atoms with Crippen molar-refractivity contribution in [2.75, 3.05) is 0 Å². The molecule has 0 amide bonds. The number of hydrogen-bond acceptors (Lipinski definition) is 2. The van der Waals surface area contributed by atoms with Gasteiger partial charge in [0.05, 0.1) is 0 Å². The Balaban J connectivity index is 2.35. The lowest BCUT2D eigenvalue weighted by atomic mass is 10.0. The van der Waals surface area contributed by atoms with Crippen LogP contribution in [0.1, 0.15) is 47.0 Å². The molecule has 92 valence electrons. The Morgan fingerprint density at radius 3 is 2.44 bits per heavy atom. The molecule has 3 atom stereocenters. The SMILES string of the molecule is CCC(C)NC1=CCC(NC(C)CC)C=C1. The standard InChI is InChI=1S/C14H26N2/c1-5-11(3)15-13-7-9-14(10-8-13)16-12(4)6-2/h7-9,11-12,14-16H,5-6,10H2,1-4H3. The van der Waals surface area contributed by atoms with Crippen molar-refractivity contribution in [1.29, 1.82) is 0 Å². The Kier molecular flexibility index (Phi) is 5.61. The summed E-state index contributed by atoms with van der Waals surface area (Å²) in [5, 5.41) is 7.10. The van der Waals surface area contributed by atoms with Crippen molar-refractivity contribution in [3.63, 3.8) is 0 Å². The highest BCUT2D eigenvalue weighted by atomic mass is 14.9. The molecule has 0 aromatic rings. The Labute approximate surface area is 100 Å². The summed E-state index contributed by atoms with van der Waals surface area (Å²) in [6.45, 7) is 8.89. The van der Waals surface area contributed by atoms with Crippen LogP contribution in [-0.4, -0.2) is 18.1 Å². The fourth-order valence-corrected chi connectivity index (χ4v) is 1.72. The molecular weight excluding hydrogens is 196 g/mol. The maximum Gasteiger partial charge on any atom is 0.0299 e. The average Bonchev–Trinajstić information content (AvgIpc) is 2.31. The largest absolute Gasteiger partial charge is 0.383 e. The van der Waals surface area contributed by atoms with Gasteiger partial charge in [0, 0.05) is 23.8 Å². The summed E-state index contributed by atoms with van der Waals surface area (Å²) in [5.41, 5.74) is 1.27. The number of rotatable bonds is 6. The second-order valence-corrected chi connectivity index (χ2v) is 4.79. The second kappa shape index (κ2) is 6.74. The van der Waals surface area contributed by atoms with Crippen LogP contribution in [0.2, 0.25) is 0 Å². The molecule has 0 saturated carbocycles. The predicted octanol–water partition coefficient (Wildman–Crippen LogP) is 2.98. The monoisotopic (exact) mass is 222 g/mol. The molecule has 2 nitrogen and oxygen atoms in total. The lowest BCUT2D eigenvalue weighted by molar-refractivity contribution is 0.481. The summed E-state index contributed by atoms with van der Waals surface area (Å²) >= 11 is 0. The second-order valence-electron chi connectivity index (χ2n) is 4.79. The van der Waals surface area contributed by atoms with E-state index in [-0.39, 0.29) is 0 Å². The van der Waals surface area contributed by atoms with Gasteiger partial charge in [-0.2, -0.15) is 0 Å². The third-order valence-corrected chi connectivity index (χ3v) is 3.24. The van der Waals surface area contributed by atoms with Gasteiger partial charge in [-0.1, -0.05) is 26.0 Å². The van der Waals surface area contributed by atoms with Crippen molar-refractivity contribution in [1.82, 2.24) is 10.6 Å². The summed E-state index contributed by atoms with van der Waals surface area (Å²) in [6.07, 6.45) is 10.2. The number of nitrogens with one attached hydrogen (secondary N) is 2. The topological polar surface area (TPSA) is 24.1 Å². The highest BCUT2D eigenvalue weighted by Gasteiger charge is 2.11. The Hall–Kier alpha value is -0.760. The highest BCUT2D eigenvalue weighted by molar-refractivity contribution is 5.24. The van der Waals surface area contributed by atoms with E-state index >= 15 is 0 Å². The van der Waals surface area contributed by atoms with Gasteiger partial charge in [0.2, 0.25) is 0 Å². The minimum Gasteiger partial charge on any atom is -0.383 e. The summed E-state index contributed by atoms with van der Waals surface area (Å²) in [4.78, 5) is 0. The van der Waals surface area contributed by atoms with Crippen LogP contribution in [0.4, 0.5) is 0 Å². The first kappa shape index (κ1) is 13.3. The molecule has 1 aliphatic carbocycles. The van der Waals surface area contributed by atoms with E-state index in [4.69, 9.17) is 0 Å². The summed E-state index contributed by atoms with van der Waals surface area (Å²) in [5.74, 6) is 0. The van der Waals surface area contributed by atoms with Crippen molar-refractivity contribution in [3.05, 3.63) is 23.9 Å². The van der Waals surface area contributed by atoms with Crippen molar-refractivity contribution < 1.29 is 0 Å². The van der Waals surface area contributed by atoms with E-state index in [1.165, 1.54) is 18.5 Å². The van der Waals surface area contributed by atoms with Crippen LogP contribution in [0.3, 0.4) is 0 Å². The van der Waals surface area contributed by atoms with Gasteiger partial charge in [-0.3, -0.25) is 0 Å². The molecule has 0 spiro atoms. The lowest BCUT2D eigenvalue weighted by Crippen LogP contribution is -2.36. The molecule has 1 aliphatic rings. The van der Waals surface area contributed by atoms with E-state index in [1.807, 2.05) is 0 Å². The van der Waals surface area contributed by atoms with E-state index in [2.05, 4.69) is 56.6 Å². The van der Waals surface area contributed by atoms with Gasteiger partial charge >= 0.3 is 0 Å². The Morgan fingerprint density at radius 1 is 1.25 bits per heavy atom. The summed E-state index contributed by atoms with van der Waals surface area (Å²) in [7, 11) is 0. The van der Waals surface area contributed by atoms with Crippen molar-refractivity contribution in [2.45, 2.75) is 65.1 Å². The molecule has 1 rings (SSSR count). The van der Waals surface area contributed by atoms with Crippen molar-refractivity contribution >= 4 is 0 Å². The molecule has 0 bridgehead atoms. The first-order chi connectivity index (χ1) is 7.65. The molecule has 2 N–H and O–H groups in total. The molecule has 0 radical (unpaired) electrons. The van der Waals surface area contributed by atoms with E-state index < -0.39 is 0 Å². The van der Waals surface area contributed by atoms with Crippen LogP contribution in [0.25, 0.3) is 0 Å². The smallest absolute Gasteiger partial charge is 0.0299 e. The van der Waals surface area contributed by atoms with Crippen LogP contribution < -0.4 is 10.6 Å². The first-order valence-electron chi connectivity index (χ1n) is 6.56. The molecule has 0 fully saturated rings. The third kappa shape index (κ3) is 4.40. The highest BCUT2D eigenvalue weighted by Crippen LogP contribution is 2.10. The van der Waals surface area contributed by atoms with Crippen molar-refractivity contribution in [2.24, 2.45) is 0 Å². The van der Waals surface area contributed by atoms with E-state index in [0.717, 1.165) is 6.42 Å². The average molecular weight is 222 g/mol. The molecular formula is C14H26N2. The molecule has 3 unspecified atom stereocenters. The zero-order valence-corrected chi connectivity index (χ0v) is 11.1. The van der Waals surface area contributed by atoms with E-state index in [1.54, 1.807) is 0 Å². The molecule has 16 heavy (non-hydrogen) atoms. The first-order valence-corrected chi connectivity index (χ1v) is 6.56. The normalized spacial score (nSPS) is 23.8. The molecule has 2 heteroatoms. The van der Waals surface area contributed by atoms with E-state index in [0.29, 0.717) is 18.1 Å². The minimum atomic E-state index is 0.512. The van der Waals surface area contributed by atoms with Gasteiger partial charge in [-0.05, 0) is 39.2 Å². The molecule has 0 saturated heterocycles. The molecule has 0 aromatic heterocycles. The minimum absolute atomic E-state index is 0.512. The quantitative estimate of drug-likeness (QED) is 0.722. The van der Waals surface area contributed by atoms with Gasteiger partial charge in [0.15, 0.2) is 0 Å². The van der Waals surface area contributed by atoms with Gasteiger partial charge in [-0.15, -0.1) is 0 Å². The lowest BCUT2D eigenvalue weighted by Gasteiger charge is -2.23. The van der Waals surface area contributed by atoms with Crippen LogP contribution >= 0.6 is 0 Å². The number of allylic oxidation sites excluding steroid dienone is 1. The van der Waals surface area contributed by atoms with Gasteiger partial charge in [-0.25, -0.2) is 0 Å². The zero-order chi connectivity index (χ0) is 12.0. The van der Waals surface area contributed by atoms with Gasteiger partial charge in [0.1, 0.15) is 0 Å². The molecule has 0 aromatic carbocycles. The fourth-order valence-electron chi connectivity index (χ4n) is 1.72. The summed E-state index contributed by atoms with van der Waals surface area (Å²) < 4.78 is 0. The van der Waals surface area contributed by atoms with Crippen LogP contribution in [0.5, 0.6) is 0 Å². The van der Waals surface area contributed by atoms with Gasteiger partial charge < -0.3 is 10.6 Å². The molecule has 0 heterocycles. The Bertz CT molecular complexity index is 255. The zero-order valence-electron chi connectivity index (χ0n) is 11.1. The maximum atomic E-state index is 3.60. The van der Waals surface area contributed by atoms with Crippen molar-refractivity contribution in [3.8, 4) is 0 Å². The maximum absolute atomic E-state index is 3.60. The van der Waals surface area contributed by atoms with Crippen LogP contribution in [-0.2, 0) is 0 Å². The van der Waals surface area contributed by atoms with Crippen LogP contribution in [0.15, 0.2) is 23.9 Å². The Morgan fingerprint density at radius 2 is 1.94 bits per heavy atom. The summed E-state index contributed by atoms with van der Waals surface area (Å²) in [6, 6.07) is 1.68. The fraction of sp³-hybridized carbons (Fsp3) is 0.714. The number of hydrogen-bond donors (Lipinski definition) is 2. The molecule has 0 aliphatic heterocycles.